The van der Waals surface area contributed by atoms with Gasteiger partial charge in [0.25, 0.3) is 0 Å². The fourth-order valence-corrected chi connectivity index (χ4v) is 58.1. The summed E-state index contributed by atoms with van der Waals surface area (Å²) >= 11 is -3.91. The zero-order chi connectivity index (χ0) is 33.4. The normalized spacial score (nSPS) is 14.2. The molecule has 0 nitrogen and oxygen atoms in total. The molecule has 0 bridgehead atoms. The first-order valence-corrected chi connectivity index (χ1v) is 40.9. The standard InChI is InChI=1S/2C13H9.2C7H9.2C2H6Si.2ClH.2Hf/c2*1-3-7-12-10(5-1)9-11-6-2-4-8-13(11)12;2*1-2-7-5-3-4-6-7;2*1-3-2;;;;/h2*1-5,7-8H,9H2;2*3,5H,2,4H2,1H3;2*1-2H3;2*1H;;. The molecule has 0 radical (unpaired) electrons. The average Bonchev–Trinajstić information content (AvgIpc) is 3.90. The van der Waals surface area contributed by atoms with Gasteiger partial charge >= 0.3 is 308 Å². The summed E-state index contributed by atoms with van der Waals surface area (Å²) < 4.78 is 7.45. The number of benzene rings is 4. The van der Waals surface area contributed by atoms with Crippen molar-refractivity contribution in [3.8, 4) is 22.3 Å². The molecule has 0 aromatic heterocycles. The Bertz CT molecular complexity index is 1990. The summed E-state index contributed by atoms with van der Waals surface area (Å²) in [5, 5.41) is 0. The zero-order valence-corrected chi connectivity index (χ0v) is 41.3. The van der Waals surface area contributed by atoms with Crippen LogP contribution in [-0.4, -0.2) is 11.0 Å². The Morgan fingerprint density at radius 1 is 0.500 bits per heavy atom. The summed E-state index contributed by atoms with van der Waals surface area (Å²) in [6.07, 6.45) is 16.9. The van der Waals surface area contributed by atoms with Crippen molar-refractivity contribution in [1.82, 2.24) is 0 Å². The second-order valence-electron chi connectivity index (χ2n) is 14.0. The molecular formula is C44H50Cl2Hf2Si2. The van der Waals surface area contributed by atoms with Gasteiger partial charge in [0, 0.05) is 0 Å². The molecule has 8 rings (SSSR count). The summed E-state index contributed by atoms with van der Waals surface area (Å²) in [5.74, 6) is 0. The van der Waals surface area contributed by atoms with E-state index in [1.165, 1.54) is 59.1 Å². The van der Waals surface area contributed by atoms with Gasteiger partial charge in [-0.25, -0.2) is 0 Å². The topological polar surface area (TPSA) is 0 Å². The van der Waals surface area contributed by atoms with E-state index in [-0.39, 0.29) is 35.8 Å². The molecule has 0 N–H and O–H groups in total. The molecule has 0 saturated carbocycles. The zero-order valence-electron chi connectivity index (χ0n) is 30.5. The SMILES string of the molecule is CCC1=[C]([Hf]([c]2cccc3c2Cc2ccccc2-3)=[Si](C)C)CC=C1.CCC1=[C]([Hf]([c]2cccc3c2Cc2ccccc2-3)=[Si](C)C)CC=C1.Cl.Cl. The van der Waals surface area contributed by atoms with Crippen LogP contribution in [0.5, 0.6) is 0 Å². The Hall–Kier alpha value is -1.41. The van der Waals surface area contributed by atoms with Crippen molar-refractivity contribution in [2.45, 2.75) is 78.6 Å². The molecule has 0 fully saturated rings. The quantitative estimate of drug-likeness (QED) is 0.146. The third-order valence-corrected chi connectivity index (χ3v) is 58.9. The maximum Gasteiger partial charge on any atom is -0.147 e. The minimum atomic E-state index is -1.95. The molecule has 0 spiro atoms. The molecule has 50 heavy (non-hydrogen) atoms. The van der Waals surface area contributed by atoms with Gasteiger partial charge in [0.1, 0.15) is 0 Å². The first-order chi connectivity index (χ1) is 23.4. The van der Waals surface area contributed by atoms with E-state index >= 15 is 0 Å². The Morgan fingerprint density at radius 2 is 0.880 bits per heavy atom. The third-order valence-electron chi connectivity index (χ3n) is 10.7. The van der Waals surface area contributed by atoms with Gasteiger partial charge in [-0.2, -0.15) is 0 Å². The minimum absolute atomic E-state index is 0. The summed E-state index contributed by atoms with van der Waals surface area (Å²) in [7, 11) is 0. The number of halogens is 2. The Balaban J connectivity index is 0.000000187. The molecule has 256 valence electrons. The van der Waals surface area contributed by atoms with Crippen molar-refractivity contribution in [2.24, 2.45) is 0 Å². The van der Waals surface area contributed by atoms with Gasteiger partial charge in [-0.15, -0.1) is 24.8 Å². The molecule has 0 saturated heterocycles. The molecule has 4 aliphatic carbocycles. The number of hydrogen-bond donors (Lipinski definition) is 0. The maximum atomic E-state index is 2.58. The molecule has 0 atom stereocenters. The predicted octanol–water partition coefficient (Wildman–Crippen LogP) is 11.6. The van der Waals surface area contributed by atoms with E-state index in [9.17, 15) is 0 Å². The average molecular weight is 1060 g/mol. The van der Waals surface area contributed by atoms with Gasteiger partial charge in [-0.05, 0) is 0 Å². The van der Waals surface area contributed by atoms with Crippen LogP contribution in [0.1, 0.15) is 61.8 Å². The molecule has 0 amide bonds. The maximum absolute atomic E-state index is 2.58. The van der Waals surface area contributed by atoms with Gasteiger partial charge in [0.15, 0.2) is 0 Å². The Kier molecular flexibility index (Phi) is 14.0. The molecule has 6 heteroatoms. The van der Waals surface area contributed by atoms with Crippen molar-refractivity contribution >= 4 is 42.4 Å². The van der Waals surface area contributed by atoms with E-state index < -0.39 is 40.1 Å². The Morgan fingerprint density at radius 3 is 1.26 bits per heavy atom. The summed E-state index contributed by atoms with van der Waals surface area (Å²) in [5.41, 5.74) is 15.3. The van der Waals surface area contributed by atoms with Gasteiger partial charge in [0.05, 0.1) is 0 Å². The van der Waals surface area contributed by atoms with Crippen molar-refractivity contribution in [1.29, 1.82) is 0 Å². The van der Waals surface area contributed by atoms with E-state index in [1.54, 1.807) is 22.3 Å². The van der Waals surface area contributed by atoms with Crippen LogP contribution >= 0.6 is 24.8 Å². The summed E-state index contributed by atoms with van der Waals surface area (Å²) in [6.45, 7) is 15.0. The second-order valence-corrected chi connectivity index (χ2v) is 61.3. The van der Waals surface area contributed by atoms with Crippen LogP contribution in [0.15, 0.2) is 127 Å². The summed E-state index contributed by atoms with van der Waals surface area (Å²) in [4.78, 5) is 0. The smallest absolute Gasteiger partial charge is 0.147 e. The first-order valence-electron chi connectivity index (χ1n) is 17.9. The number of hydrogen-bond acceptors (Lipinski definition) is 0. The molecule has 0 heterocycles. The molecule has 4 aliphatic rings. The van der Waals surface area contributed by atoms with Crippen molar-refractivity contribution < 1.29 is 40.1 Å². The van der Waals surface area contributed by atoms with Crippen LogP contribution in [0.4, 0.5) is 0 Å². The van der Waals surface area contributed by atoms with Crippen LogP contribution in [0.3, 0.4) is 0 Å². The number of allylic oxidation sites excluding steroid dienone is 8. The molecular weight excluding hydrogens is 1010 g/mol. The van der Waals surface area contributed by atoms with E-state index in [0.717, 1.165) is 12.8 Å². The van der Waals surface area contributed by atoms with Crippen molar-refractivity contribution in [2.75, 3.05) is 0 Å². The predicted molar refractivity (Wildman–Crippen MR) is 220 cm³/mol. The molecule has 0 aliphatic heterocycles. The van der Waals surface area contributed by atoms with Gasteiger partial charge in [-0.1, -0.05) is 0 Å². The second kappa shape index (κ2) is 17.6. The number of fused-ring (bicyclic) bond motifs is 6. The molecule has 4 aromatic carbocycles. The third kappa shape index (κ3) is 7.64. The van der Waals surface area contributed by atoms with Gasteiger partial charge < -0.3 is 0 Å². The first kappa shape index (κ1) is 39.8. The number of rotatable bonds is 6. The monoisotopic (exact) mass is 1060 g/mol. The summed E-state index contributed by atoms with van der Waals surface area (Å²) in [6, 6.07) is 32.4. The molecule has 4 aromatic rings. The van der Waals surface area contributed by atoms with Crippen LogP contribution in [-0.2, 0) is 53.0 Å². The van der Waals surface area contributed by atoms with E-state index in [4.69, 9.17) is 0 Å². The minimum Gasteiger partial charge on any atom is -0.147 e. The fourth-order valence-electron chi connectivity index (χ4n) is 8.54. The van der Waals surface area contributed by atoms with Crippen LogP contribution in [0.2, 0.25) is 26.2 Å². The Labute approximate surface area is 329 Å². The van der Waals surface area contributed by atoms with Crippen LogP contribution in [0, 0.1) is 0 Å². The van der Waals surface area contributed by atoms with E-state index in [1.807, 2.05) is 13.3 Å². The van der Waals surface area contributed by atoms with Crippen molar-refractivity contribution in [3.05, 3.63) is 149 Å². The van der Waals surface area contributed by atoms with Gasteiger partial charge in [-0.3, -0.25) is 0 Å². The largest absolute Gasteiger partial charge is 0.147 e. The van der Waals surface area contributed by atoms with Crippen molar-refractivity contribution in [3.63, 3.8) is 0 Å². The van der Waals surface area contributed by atoms with Crippen LogP contribution < -0.4 is 6.64 Å². The molecule has 0 unspecified atom stereocenters. The fraction of sp³-hybridized carbons (Fsp3) is 0.273. The van der Waals surface area contributed by atoms with Gasteiger partial charge in [0.2, 0.25) is 0 Å². The van der Waals surface area contributed by atoms with E-state index in [0.29, 0.717) is 0 Å². The van der Waals surface area contributed by atoms with Crippen LogP contribution in [0.25, 0.3) is 22.3 Å². The van der Waals surface area contributed by atoms with E-state index in [2.05, 4.69) is 149 Å².